The molecule has 19 heavy (non-hydrogen) atoms. The molecule has 2 aromatic rings. The van der Waals surface area contributed by atoms with Crippen molar-refractivity contribution in [2.45, 2.75) is 13.0 Å². The van der Waals surface area contributed by atoms with Gasteiger partial charge in [-0.05, 0) is 44.6 Å². The predicted octanol–water partition coefficient (Wildman–Crippen LogP) is 2.61. The molecule has 0 saturated heterocycles. The second kappa shape index (κ2) is 5.89. The van der Waals surface area contributed by atoms with Gasteiger partial charge in [0, 0.05) is 24.2 Å². The summed E-state index contributed by atoms with van der Waals surface area (Å²) in [6.45, 7) is 3.11. The third-order valence-corrected chi connectivity index (χ3v) is 3.00. The Morgan fingerprint density at radius 1 is 1.32 bits per heavy atom. The van der Waals surface area contributed by atoms with E-state index in [1.807, 2.05) is 24.4 Å². The number of nitrogens with one attached hydrogen (secondary N) is 1. The van der Waals surface area contributed by atoms with E-state index >= 15 is 0 Å². The number of pyridine rings is 1. The molecule has 1 heterocycles. The van der Waals surface area contributed by atoms with E-state index in [1.165, 1.54) is 0 Å². The minimum atomic E-state index is 0.333. The van der Waals surface area contributed by atoms with E-state index in [4.69, 9.17) is 4.74 Å². The van der Waals surface area contributed by atoms with Crippen LogP contribution in [-0.4, -0.2) is 43.7 Å². The number of anilines is 1. The lowest BCUT2D eigenvalue weighted by Crippen LogP contribution is -2.30. The number of ether oxygens (including phenoxy) is 1. The van der Waals surface area contributed by atoms with Crippen molar-refractivity contribution in [2.75, 3.05) is 33.1 Å². The van der Waals surface area contributed by atoms with Crippen LogP contribution in [0.3, 0.4) is 0 Å². The van der Waals surface area contributed by atoms with Crippen LogP contribution in [0.5, 0.6) is 5.75 Å². The van der Waals surface area contributed by atoms with Gasteiger partial charge in [0.1, 0.15) is 11.6 Å². The van der Waals surface area contributed by atoms with Crippen LogP contribution in [0.1, 0.15) is 6.92 Å². The summed E-state index contributed by atoms with van der Waals surface area (Å²) in [5, 5.41) is 5.71. The smallest absolute Gasteiger partial charge is 0.134 e. The Balaban J connectivity index is 2.31. The Morgan fingerprint density at radius 3 is 2.79 bits per heavy atom. The molecule has 0 aliphatic heterocycles. The Labute approximate surface area is 114 Å². The topological polar surface area (TPSA) is 37.4 Å². The molecule has 0 aliphatic rings. The van der Waals surface area contributed by atoms with Gasteiger partial charge in [0.05, 0.1) is 7.11 Å². The van der Waals surface area contributed by atoms with E-state index < -0.39 is 0 Å². The molecule has 0 radical (unpaired) electrons. The average molecular weight is 259 g/mol. The van der Waals surface area contributed by atoms with Crippen molar-refractivity contribution in [3.8, 4) is 5.75 Å². The highest BCUT2D eigenvalue weighted by atomic mass is 16.5. The molecule has 1 aromatic carbocycles. The number of aromatic nitrogens is 1. The molecule has 102 valence electrons. The average Bonchev–Trinajstić information content (AvgIpc) is 2.37. The Hall–Kier alpha value is -1.81. The highest BCUT2D eigenvalue weighted by Gasteiger charge is 2.08. The summed E-state index contributed by atoms with van der Waals surface area (Å²) in [5.41, 5.74) is 0. The van der Waals surface area contributed by atoms with Crippen molar-refractivity contribution in [3.05, 3.63) is 30.5 Å². The molecular weight excluding hydrogens is 238 g/mol. The lowest BCUT2D eigenvalue weighted by atomic mass is 10.1. The first kappa shape index (κ1) is 13.6. The molecule has 0 aliphatic carbocycles. The lowest BCUT2D eigenvalue weighted by molar-refractivity contribution is 0.392. The lowest BCUT2D eigenvalue weighted by Gasteiger charge is -2.19. The summed E-state index contributed by atoms with van der Waals surface area (Å²) in [6, 6.07) is 8.38. The fourth-order valence-electron chi connectivity index (χ4n) is 2.22. The number of benzene rings is 1. The zero-order chi connectivity index (χ0) is 13.8. The van der Waals surface area contributed by atoms with Crippen LogP contribution in [0.25, 0.3) is 10.8 Å². The highest BCUT2D eigenvalue weighted by molar-refractivity contribution is 5.92. The molecule has 0 spiro atoms. The fraction of sp³-hybridized carbons (Fsp3) is 0.400. The number of fused-ring (bicyclic) bond motifs is 1. The van der Waals surface area contributed by atoms with E-state index in [2.05, 4.69) is 42.3 Å². The summed E-state index contributed by atoms with van der Waals surface area (Å²) in [4.78, 5) is 6.60. The summed E-state index contributed by atoms with van der Waals surface area (Å²) in [6.07, 6.45) is 1.83. The number of rotatable bonds is 5. The third-order valence-electron chi connectivity index (χ3n) is 3.00. The van der Waals surface area contributed by atoms with Crippen LogP contribution >= 0.6 is 0 Å². The SMILES string of the molecule is COc1ccc2ccnc(NC(C)CN(C)C)c2c1. The molecule has 0 saturated carbocycles. The molecule has 1 N–H and O–H groups in total. The van der Waals surface area contributed by atoms with E-state index in [1.54, 1.807) is 7.11 Å². The van der Waals surface area contributed by atoms with Gasteiger partial charge in [-0.15, -0.1) is 0 Å². The van der Waals surface area contributed by atoms with Gasteiger partial charge in [-0.25, -0.2) is 4.98 Å². The monoisotopic (exact) mass is 259 g/mol. The van der Waals surface area contributed by atoms with E-state index in [-0.39, 0.29) is 0 Å². The van der Waals surface area contributed by atoms with Gasteiger partial charge in [0.25, 0.3) is 0 Å². The quantitative estimate of drug-likeness (QED) is 0.895. The predicted molar refractivity (Wildman–Crippen MR) is 79.9 cm³/mol. The van der Waals surface area contributed by atoms with E-state index in [0.717, 1.165) is 28.9 Å². The van der Waals surface area contributed by atoms with Crippen molar-refractivity contribution < 1.29 is 4.74 Å². The summed E-state index contributed by atoms with van der Waals surface area (Å²) in [7, 11) is 5.81. The van der Waals surface area contributed by atoms with Crippen LogP contribution in [0.4, 0.5) is 5.82 Å². The zero-order valence-corrected chi connectivity index (χ0v) is 12.0. The molecule has 0 bridgehead atoms. The molecule has 1 aromatic heterocycles. The minimum absolute atomic E-state index is 0.333. The first-order valence-corrected chi connectivity index (χ1v) is 6.44. The van der Waals surface area contributed by atoms with Crippen LogP contribution < -0.4 is 10.1 Å². The number of nitrogens with zero attached hydrogens (tertiary/aromatic N) is 2. The Morgan fingerprint density at radius 2 is 2.11 bits per heavy atom. The number of likely N-dealkylation sites (N-methyl/N-ethyl adjacent to an activating group) is 1. The third kappa shape index (κ3) is 3.35. The number of methoxy groups -OCH3 is 1. The standard InChI is InChI=1S/C15H21N3O/c1-11(10-18(2)3)17-15-14-9-13(19-4)6-5-12(14)7-8-16-15/h5-9,11H,10H2,1-4H3,(H,16,17). The second-order valence-electron chi connectivity index (χ2n) is 5.05. The van der Waals surface area contributed by atoms with Gasteiger partial charge in [0.2, 0.25) is 0 Å². The summed E-state index contributed by atoms with van der Waals surface area (Å²) < 4.78 is 5.28. The van der Waals surface area contributed by atoms with Gasteiger partial charge in [0.15, 0.2) is 0 Å². The van der Waals surface area contributed by atoms with Gasteiger partial charge in [-0.3, -0.25) is 0 Å². The molecule has 0 amide bonds. The molecule has 1 atom stereocenters. The molecular formula is C15H21N3O. The van der Waals surface area contributed by atoms with Crippen molar-refractivity contribution in [2.24, 2.45) is 0 Å². The van der Waals surface area contributed by atoms with Crippen molar-refractivity contribution in [1.29, 1.82) is 0 Å². The van der Waals surface area contributed by atoms with Gasteiger partial charge < -0.3 is 15.0 Å². The first-order valence-electron chi connectivity index (χ1n) is 6.44. The second-order valence-corrected chi connectivity index (χ2v) is 5.05. The summed E-state index contributed by atoms with van der Waals surface area (Å²) in [5.74, 6) is 1.76. The molecule has 4 nitrogen and oxygen atoms in total. The van der Waals surface area contributed by atoms with Crippen molar-refractivity contribution in [1.82, 2.24) is 9.88 Å². The highest BCUT2D eigenvalue weighted by Crippen LogP contribution is 2.26. The zero-order valence-electron chi connectivity index (χ0n) is 12.0. The number of hydrogen-bond donors (Lipinski definition) is 1. The maximum absolute atomic E-state index is 5.28. The largest absolute Gasteiger partial charge is 0.497 e. The normalized spacial score (nSPS) is 12.7. The maximum Gasteiger partial charge on any atom is 0.134 e. The van der Waals surface area contributed by atoms with Crippen LogP contribution in [0.2, 0.25) is 0 Å². The number of hydrogen-bond acceptors (Lipinski definition) is 4. The van der Waals surface area contributed by atoms with Crippen molar-refractivity contribution >= 4 is 16.6 Å². The minimum Gasteiger partial charge on any atom is -0.497 e. The fourth-order valence-corrected chi connectivity index (χ4v) is 2.22. The van der Waals surface area contributed by atoms with Crippen molar-refractivity contribution in [3.63, 3.8) is 0 Å². The van der Waals surface area contributed by atoms with Crippen LogP contribution in [0, 0.1) is 0 Å². The van der Waals surface area contributed by atoms with E-state index in [9.17, 15) is 0 Å². The molecule has 0 fully saturated rings. The van der Waals surface area contributed by atoms with Gasteiger partial charge in [-0.1, -0.05) is 6.07 Å². The molecule has 2 rings (SSSR count). The molecule has 1 unspecified atom stereocenters. The Bertz CT molecular complexity index is 554. The van der Waals surface area contributed by atoms with Gasteiger partial charge in [-0.2, -0.15) is 0 Å². The van der Waals surface area contributed by atoms with E-state index in [0.29, 0.717) is 6.04 Å². The molecule has 4 heteroatoms. The first-order chi connectivity index (χ1) is 9.10. The maximum atomic E-state index is 5.28. The summed E-state index contributed by atoms with van der Waals surface area (Å²) >= 11 is 0. The van der Waals surface area contributed by atoms with Gasteiger partial charge >= 0.3 is 0 Å². The van der Waals surface area contributed by atoms with Crippen LogP contribution in [-0.2, 0) is 0 Å². The Kier molecular flexibility index (Phi) is 4.22. The van der Waals surface area contributed by atoms with Crippen LogP contribution in [0.15, 0.2) is 30.5 Å².